The molecular weight excluding hydrogens is 302 g/mol. The molecule has 5 nitrogen and oxygen atoms in total. The van der Waals surface area contributed by atoms with Gasteiger partial charge in [-0.3, -0.25) is 14.3 Å². The highest BCUT2D eigenvalue weighted by atomic mass is 16.2. The third kappa shape index (κ3) is 3.41. The standard InChI is InChI=1S/C19H17N3O2/c1-22-16-10-6-5-9-15(16)19(21-22)17(23)13-20-18(24)12-11-14-7-3-2-4-8-14/h2-12H,13H2,1H3,(H,20,24)/b12-11+. The number of rotatable bonds is 5. The molecule has 0 radical (unpaired) electrons. The Kier molecular flexibility index (Phi) is 4.52. The fourth-order valence-electron chi connectivity index (χ4n) is 2.47. The number of nitrogens with one attached hydrogen (secondary N) is 1. The summed E-state index contributed by atoms with van der Waals surface area (Å²) in [6.07, 6.45) is 3.12. The van der Waals surface area contributed by atoms with Crippen LogP contribution in [0.25, 0.3) is 17.0 Å². The maximum absolute atomic E-state index is 12.3. The second kappa shape index (κ2) is 6.91. The van der Waals surface area contributed by atoms with E-state index in [1.54, 1.807) is 17.8 Å². The van der Waals surface area contributed by atoms with E-state index >= 15 is 0 Å². The maximum Gasteiger partial charge on any atom is 0.244 e. The van der Waals surface area contributed by atoms with Crippen LogP contribution in [-0.2, 0) is 11.8 Å². The molecule has 1 heterocycles. The summed E-state index contributed by atoms with van der Waals surface area (Å²) in [6, 6.07) is 17.0. The van der Waals surface area contributed by atoms with Crippen LogP contribution in [0.3, 0.4) is 0 Å². The van der Waals surface area contributed by atoms with Gasteiger partial charge < -0.3 is 5.32 Å². The van der Waals surface area contributed by atoms with E-state index < -0.39 is 0 Å². The number of hydrogen-bond acceptors (Lipinski definition) is 3. The molecule has 24 heavy (non-hydrogen) atoms. The average Bonchev–Trinajstić information content (AvgIpc) is 2.96. The number of amides is 1. The van der Waals surface area contributed by atoms with Gasteiger partial charge in [0.2, 0.25) is 11.7 Å². The second-order valence-corrected chi connectivity index (χ2v) is 5.37. The molecule has 3 rings (SSSR count). The van der Waals surface area contributed by atoms with Crippen molar-refractivity contribution in [1.29, 1.82) is 0 Å². The minimum absolute atomic E-state index is 0.0844. The highest BCUT2D eigenvalue weighted by molar-refractivity contribution is 6.08. The van der Waals surface area contributed by atoms with Crippen molar-refractivity contribution in [2.45, 2.75) is 0 Å². The Hall–Kier alpha value is -3.21. The van der Waals surface area contributed by atoms with Crippen molar-refractivity contribution in [3.8, 4) is 0 Å². The average molecular weight is 319 g/mol. The Labute approximate surface area is 139 Å². The second-order valence-electron chi connectivity index (χ2n) is 5.37. The van der Waals surface area contributed by atoms with Crippen molar-refractivity contribution < 1.29 is 9.59 Å². The van der Waals surface area contributed by atoms with Crippen LogP contribution in [-0.4, -0.2) is 28.0 Å². The number of Topliss-reactive ketones (excluding diaryl/α,β-unsaturated/α-hetero) is 1. The topological polar surface area (TPSA) is 64.0 Å². The molecule has 1 amide bonds. The van der Waals surface area contributed by atoms with Crippen molar-refractivity contribution in [3.05, 3.63) is 71.9 Å². The molecule has 0 aliphatic heterocycles. The van der Waals surface area contributed by atoms with Gasteiger partial charge in [0.15, 0.2) is 0 Å². The quantitative estimate of drug-likeness (QED) is 0.581. The monoisotopic (exact) mass is 319 g/mol. The molecule has 0 spiro atoms. The number of aryl methyl sites for hydroxylation is 1. The van der Waals surface area contributed by atoms with Crippen LogP contribution in [0.2, 0.25) is 0 Å². The Morgan fingerprint density at radius 1 is 1.08 bits per heavy atom. The van der Waals surface area contributed by atoms with Crippen LogP contribution >= 0.6 is 0 Å². The van der Waals surface area contributed by atoms with E-state index in [1.165, 1.54) is 6.08 Å². The van der Waals surface area contributed by atoms with Gasteiger partial charge in [-0.1, -0.05) is 48.5 Å². The van der Waals surface area contributed by atoms with E-state index in [0.717, 1.165) is 16.5 Å². The number of aromatic nitrogens is 2. The number of carbonyl (C=O) groups excluding carboxylic acids is 2. The molecule has 0 saturated heterocycles. The third-order valence-corrected chi connectivity index (χ3v) is 3.67. The molecule has 1 N–H and O–H groups in total. The SMILES string of the molecule is Cn1nc(C(=O)CNC(=O)/C=C/c2ccccc2)c2ccccc21. The zero-order chi connectivity index (χ0) is 16.9. The van der Waals surface area contributed by atoms with Crippen LogP contribution in [0.15, 0.2) is 60.7 Å². The summed E-state index contributed by atoms with van der Waals surface area (Å²) >= 11 is 0. The number of ketones is 1. The minimum atomic E-state index is -0.313. The van der Waals surface area contributed by atoms with Crippen molar-refractivity contribution in [1.82, 2.24) is 15.1 Å². The van der Waals surface area contributed by atoms with E-state index in [0.29, 0.717) is 5.69 Å². The van der Waals surface area contributed by atoms with Gasteiger partial charge in [-0.2, -0.15) is 5.10 Å². The van der Waals surface area contributed by atoms with Gasteiger partial charge in [0, 0.05) is 18.5 Å². The van der Waals surface area contributed by atoms with Crippen LogP contribution in [0, 0.1) is 0 Å². The van der Waals surface area contributed by atoms with E-state index in [1.807, 2.05) is 54.6 Å². The summed E-state index contributed by atoms with van der Waals surface area (Å²) in [5.41, 5.74) is 2.19. The summed E-state index contributed by atoms with van der Waals surface area (Å²) < 4.78 is 1.67. The maximum atomic E-state index is 12.3. The zero-order valence-electron chi connectivity index (χ0n) is 13.3. The van der Waals surface area contributed by atoms with Crippen molar-refractivity contribution in [3.63, 3.8) is 0 Å². The van der Waals surface area contributed by atoms with Gasteiger partial charge >= 0.3 is 0 Å². The normalized spacial score (nSPS) is 11.0. The first-order chi connectivity index (χ1) is 11.6. The predicted octanol–water partition coefficient (Wildman–Crippen LogP) is 2.59. The molecule has 120 valence electrons. The molecule has 0 bridgehead atoms. The van der Waals surface area contributed by atoms with Crippen molar-refractivity contribution in [2.75, 3.05) is 6.54 Å². The first kappa shape index (κ1) is 15.7. The van der Waals surface area contributed by atoms with Gasteiger partial charge in [-0.15, -0.1) is 0 Å². The molecule has 2 aromatic carbocycles. The van der Waals surface area contributed by atoms with E-state index in [9.17, 15) is 9.59 Å². The molecule has 0 atom stereocenters. The number of carbonyl (C=O) groups is 2. The Bertz CT molecular complexity index is 911. The van der Waals surface area contributed by atoms with E-state index in [2.05, 4.69) is 10.4 Å². The summed E-state index contributed by atoms with van der Waals surface area (Å²) in [7, 11) is 1.79. The molecule has 1 aromatic heterocycles. The molecule has 0 fully saturated rings. The molecule has 0 aliphatic rings. The van der Waals surface area contributed by atoms with Gasteiger partial charge in [0.25, 0.3) is 0 Å². The number of fused-ring (bicyclic) bond motifs is 1. The highest BCUT2D eigenvalue weighted by Crippen LogP contribution is 2.17. The fourth-order valence-corrected chi connectivity index (χ4v) is 2.47. The van der Waals surface area contributed by atoms with Gasteiger partial charge in [0.05, 0.1) is 12.1 Å². The Balaban J connectivity index is 1.65. The fraction of sp³-hybridized carbons (Fsp3) is 0.105. The van der Waals surface area contributed by atoms with Gasteiger partial charge in [-0.25, -0.2) is 0 Å². The number of hydrogen-bond donors (Lipinski definition) is 1. The lowest BCUT2D eigenvalue weighted by Gasteiger charge is -2.00. The largest absolute Gasteiger partial charge is 0.345 e. The minimum Gasteiger partial charge on any atom is -0.345 e. The summed E-state index contributed by atoms with van der Waals surface area (Å²) in [4.78, 5) is 24.2. The lowest BCUT2D eigenvalue weighted by atomic mass is 10.1. The smallest absolute Gasteiger partial charge is 0.244 e. The Morgan fingerprint density at radius 3 is 2.58 bits per heavy atom. The molecule has 3 aromatic rings. The van der Waals surface area contributed by atoms with Crippen molar-refractivity contribution in [2.24, 2.45) is 7.05 Å². The van der Waals surface area contributed by atoms with Crippen molar-refractivity contribution >= 4 is 28.7 Å². The van der Waals surface area contributed by atoms with Gasteiger partial charge in [0.1, 0.15) is 5.69 Å². The molecule has 0 unspecified atom stereocenters. The Morgan fingerprint density at radius 2 is 1.79 bits per heavy atom. The molecule has 0 aliphatic carbocycles. The third-order valence-electron chi connectivity index (χ3n) is 3.67. The van der Waals surface area contributed by atoms with Crippen LogP contribution in [0.4, 0.5) is 0 Å². The molecular formula is C19H17N3O2. The summed E-state index contributed by atoms with van der Waals surface area (Å²) in [5.74, 6) is -0.527. The first-order valence-corrected chi connectivity index (χ1v) is 7.61. The van der Waals surface area contributed by atoms with Crippen LogP contribution in [0.5, 0.6) is 0 Å². The summed E-state index contributed by atoms with van der Waals surface area (Å²) in [6.45, 7) is -0.0844. The lowest BCUT2D eigenvalue weighted by Crippen LogP contribution is -2.28. The number of benzene rings is 2. The predicted molar refractivity (Wildman–Crippen MR) is 93.5 cm³/mol. The molecule has 5 heteroatoms. The van der Waals surface area contributed by atoms with Gasteiger partial charge in [-0.05, 0) is 17.7 Å². The number of para-hydroxylation sites is 1. The highest BCUT2D eigenvalue weighted by Gasteiger charge is 2.15. The zero-order valence-corrected chi connectivity index (χ0v) is 13.3. The number of nitrogens with zero attached hydrogens (tertiary/aromatic N) is 2. The molecule has 0 saturated carbocycles. The first-order valence-electron chi connectivity index (χ1n) is 7.61. The van der Waals surface area contributed by atoms with E-state index in [4.69, 9.17) is 0 Å². The summed E-state index contributed by atoms with van der Waals surface area (Å²) in [5, 5.41) is 7.65. The van der Waals surface area contributed by atoms with Crippen LogP contribution in [0.1, 0.15) is 16.1 Å². The van der Waals surface area contributed by atoms with E-state index in [-0.39, 0.29) is 18.2 Å². The van der Waals surface area contributed by atoms with Crippen LogP contribution < -0.4 is 5.32 Å². The lowest BCUT2D eigenvalue weighted by molar-refractivity contribution is -0.116.